The highest BCUT2D eigenvalue weighted by atomic mass is 32.2. The van der Waals surface area contributed by atoms with Crippen LogP contribution in [0.3, 0.4) is 0 Å². The van der Waals surface area contributed by atoms with E-state index in [1.54, 1.807) is 24.3 Å². The Hall–Kier alpha value is -2.05. The molecule has 2 aromatic rings. The Bertz CT molecular complexity index is 873. The van der Waals surface area contributed by atoms with Crippen LogP contribution in [-0.4, -0.2) is 20.6 Å². The van der Waals surface area contributed by atoms with Gasteiger partial charge in [0.15, 0.2) is 0 Å². The fraction of sp³-hybridized carbons (Fsp3) is 0.429. The SMILES string of the molecule is CCOc1ccc(S(=O)(=O)NC2CC(CC)(CC)Oc3ccccc32)cc1. The summed E-state index contributed by atoms with van der Waals surface area (Å²) in [4.78, 5) is 0.230. The molecule has 1 atom stereocenters. The van der Waals surface area contributed by atoms with Crippen LogP contribution in [0.2, 0.25) is 0 Å². The molecule has 6 heteroatoms. The van der Waals surface area contributed by atoms with Crippen LogP contribution in [0.1, 0.15) is 51.6 Å². The quantitative estimate of drug-likeness (QED) is 0.760. The molecule has 1 aliphatic rings. The normalized spacial score (nSPS) is 18.4. The van der Waals surface area contributed by atoms with Gasteiger partial charge in [0, 0.05) is 12.0 Å². The van der Waals surface area contributed by atoms with Gasteiger partial charge < -0.3 is 9.47 Å². The Balaban J connectivity index is 1.90. The summed E-state index contributed by atoms with van der Waals surface area (Å²) >= 11 is 0. The predicted molar refractivity (Wildman–Crippen MR) is 106 cm³/mol. The average Bonchev–Trinajstić information content (AvgIpc) is 2.68. The number of hydrogen-bond donors (Lipinski definition) is 1. The predicted octanol–water partition coefficient (Wildman–Crippen LogP) is 4.45. The molecular formula is C21H27NO4S. The van der Waals surface area contributed by atoms with Crippen LogP contribution in [0, 0.1) is 0 Å². The monoisotopic (exact) mass is 389 g/mol. The summed E-state index contributed by atoms with van der Waals surface area (Å²) in [5.41, 5.74) is 0.518. The summed E-state index contributed by atoms with van der Waals surface area (Å²) in [7, 11) is -3.66. The Labute approximate surface area is 161 Å². The molecule has 0 aliphatic carbocycles. The molecule has 0 bridgehead atoms. The van der Waals surface area contributed by atoms with Gasteiger partial charge in [-0.1, -0.05) is 32.0 Å². The first kappa shape index (κ1) is 19.7. The van der Waals surface area contributed by atoms with Gasteiger partial charge in [0.25, 0.3) is 0 Å². The number of nitrogens with one attached hydrogen (secondary N) is 1. The van der Waals surface area contributed by atoms with Crippen LogP contribution in [0.25, 0.3) is 0 Å². The molecule has 0 spiro atoms. The van der Waals surface area contributed by atoms with E-state index >= 15 is 0 Å². The molecule has 1 N–H and O–H groups in total. The van der Waals surface area contributed by atoms with Gasteiger partial charge in [0.05, 0.1) is 17.5 Å². The van der Waals surface area contributed by atoms with E-state index in [0.717, 1.165) is 24.2 Å². The summed E-state index contributed by atoms with van der Waals surface area (Å²) < 4.78 is 40.5. The zero-order valence-corrected chi connectivity index (χ0v) is 16.9. The van der Waals surface area contributed by atoms with E-state index in [1.807, 2.05) is 31.2 Å². The topological polar surface area (TPSA) is 64.6 Å². The van der Waals surface area contributed by atoms with E-state index in [0.29, 0.717) is 18.8 Å². The van der Waals surface area contributed by atoms with Crippen molar-refractivity contribution in [1.29, 1.82) is 0 Å². The lowest BCUT2D eigenvalue weighted by atomic mass is 9.84. The van der Waals surface area contributed by atoms with Crippen molar-refractivity contribution in [3.05, 3.63) is 54.1 Å². The van der Waals surface area contributed by atoms with Crippen LogP contribution in [0.15, 0.2) is 53.4 Å². The molecule has 3 rings (SSSR count). The van der Waals surface area contributed by atoms with E-state index < -0.39 is 10.0 Å². The van der Waals surface area contributed by atoms with Crippen molar-refractivity contribution in [2.45, 2.75) is 56.6 Å². The first-order valence-electron chi connectivity index (χ1n) is 9.46. The molecular weight excluding hydrogens is 362 g/mol. The molecule has 0 saturated heterocycles. The van der Waals surface area contributed by atoms with E-state index in [4.69, 9.17) is 9.47 Å². The zero-order valence-electron chi connectivity index (χ0n) is 16.1. The largest absolute Gasteiger partial charge is 0.494 e. The van der Waals surface area contributed by atoms with Crippen LogP contribution >= 0.6 is 0 Å². The smallest absolute Gasteiger partial charge is 0.241 e. The van der Waals surface area contributed by atoms with Gasteiger partial charge in [-0.05, 0) is 50.1 Å². The van der Waals surface area contributed by atoms with Crippen LogP contribution in [0.4, 0.5) is 0 Å². The second-order valence-corrected chi connectivity index (χ2v) is 8.53. The Morgan fingerprint density at radius 2 is 1.74 bits per heavy atom. The van der Waals surface area contributed by atoms with Crippen molar-refractivity contribution in [1.82, 2.24) is 4.72 Å². The zero-order chi connectivity index (χ0) is 19.5. The van der Waals surface area contributed by atoms with E-state index in [9.17, 15) is 8.42 Å². The van der Waals surface area contributed by atoms with Gasteiger partial charge in [-0.25, -0.2) is 13.1 Å². The summed E-state index contributed by atoms with van der Waals surface area (Å²) in [5.74, 6) is 1.41. The fourth-order valence-corrected chi connectivity index (χ4v) is 4.76. The molecule has 5 nitrogen and oxygen atoms in total. The highest BCUT2D eigenvalue weighted by Gasteiger charge is 2.39. The fourth-order valence-electron chi connectivity index (χ4n) is 3.54. The second-order valence-electron chi connectivity index (χ2n) is 6.81. The Kier molecular flexibility index (Phi) is 5.77. The molecule has 2 aromatic carbocycles. The third kappa shape index (κ3) is 4.12. The molecule has 146 valence electrons. The lowest BCUT2D eigenvalue weighted by molar-refractivity contribution is 0.0260. The van der Waals surface area contributed by atoms with Gasteiger partial charge in [-0.2, -0.15) is 0 Å². The van der Waals surface area contributed by atoms with E-state index in [1.165, 1.54) is 0 Å². The minimum Gasteiger partial charge on any atom is -0.494 e. The Morgan fingerprint density at radius 3 is 2.37 bits per heavy atom. The maximum atomic E-state index is 13.0. The number of hydrogen-bond acceptors (Lipinski definition) is 4. The standard InChI is InChI=1S/C21H27NO4S/c1-4-21(5-2)15-19(18-9-7-8-10-20(18)26-21)22-27(23,24)17-13-11-16(12-14-17)25-6-3/h7-14,19,22H,4-6,15H2,1-3H3. The van der Waals surface area contributed by atoms with E-state index in [2.05, 4.69) is 18.6 Å². The van der Waals surface area contributed by atoms with Gasteiger partial charge in [0.2, 0.25) is 10.0 Å². The average molecular weight is 390 g/mol. The number of fused-ring (bicyclic) bond motifs is 1. The molecule has 1 unspecified atom stereocenters. The van der Waals surface area contributed by atoms with Crippen LogP contribution in [-0.2, 0) is 10.0 Å². The number of rotatable bonds is 7. The second kappa shape index (κ2) is 7.90. The van der Waals surface area contributed by atoms with Gasteiger partial charge in [-0.15, -0.1) is 0 Å². The van der Waals surface area contributed by atoms with Crippen molar-refractivity contribution < 1.29 is 17.9 Å². The van der Waals surface area contributed by atoms with Gasteiger partial charge in [0.1, 0.15) is 17.1 Å². The molecule has 0 saturated carbocycles. The minimum absolute atomic E-state index is 0.230. The first-order chi connectivity index (χ1) is 12.9. The molecule has 0 aromatic heterocycles. The molecule has 1 heterocycles. The van der Waals surface area contributed by atoms with Crippen molar-refractivity contribution in [2.75, 3.05) is 6.61 Å². The maximum Gasteiger partial charge on any atom is 0.241 e. The summed E-state index contributed by atoms with van der Waals surface area (Å²) in [6, 6.07) is 13.8. The maximum absolute atomic E-state index is 13.0. The molecule has 0 amide bonds. The lowest BCUT2D eigenvalue weighted by Crippen LogP contribution is -2.44. The van der Waals surface area contributed by atoms with Crippen molar-refractivity contribution in [2.24, 2.45) is 0 Å². The van der Waals surface area contributed by atoms with Crippen molar-refractivity contribution >= 4 is 10.0 Å². The molecule has 27 heavy (non-hydrogen) atoms. The summed E-state index contributed by atoms with van der Waals surface area (Å²) in [6.45, 7) is 6.59. The Morgan fingerprint density at radius 1 is 1.07 bits per heavy atom. The minimum atomic E-state index is -3.66. The number of para-hydroxylation sites is 1. The first-order valence-corrected chi connectivity index (χ1v) is 10.9. The molecule has 0 radical (unpaired) electrons. The molecule has 1 aliphatic heterocycles. The van der Waals surface area contributed by atoms with Crippen molar-refractivity contribution in [3.8, 4) is 11.5 Å². The summed E-state index contributed by atoms with van der Waals surface area (Å²) in [5, 5.41) is 0. The highest BCUT2D eigenvalue weighted by Crippen LogP contribution is 2.43. The molecule has 0 fully saturated rings. The van der Waals surface area contributed by atoms with E-state index in [-0.39, 0.29) is 16.5 Å². The van der Waals surface area contributed by atoms with Crippen molar-refractivity contribution in [3.63, 3.8) is 0 Å². The number of ether oxygens (including phenoxy) is 2. The number of sulfonamides is 1. The summed E-state index contributed by atoms with van der Waals surface area (Å²) in [6.07, 6.45) is 2.24. The third-order valence-electron chi connectivity index (χ3n) is 5.23. The highest BCUT2D eigenvalue weighted by molar-refractivity contribution is 7.89. The number of benzene rings is 2. The van der Waals surface area contributed by atoms with Crippen LogP contribution < -0.4 is 14.2 Å². The van der Waals surface area contributed by atoms with Gasteiger partial charge >= 0.3 is 0 Å². The lowest BCUT2D eigenvalue weighted by Gasteiger charge is -2.41. The van der Waals surface area contributed by atoms with Crippen LogP contribution in [0.5, 0.6) is 11.5 Å². The van der Waals surface area contributed by atoms with Gasteiger partial charge in [-0.3, -0.25) is 0 Å². The third-order valence-corrected chi connectivity index (χ3v) is 6.72.